The topological polar surface area (TPSA) is 81.8 Å². The molecule has 1 aromatic heterocycles. The summed E-state index contributed by atoms with van der Waals surface area (Å²) in [5.74, 6) is 2.40. The summed E-state index contributed by atoms with van der Waals surface area (Å²) in [6.45, 7) is 5.65. The van der Waals surface area contributed by atoms with Crippen LogP contribution in [0.5, 0.6) is 11.5 Å². The van der Waals surface area contributed by atoms with Gasteiger partial charge in [0.1, 0.15) is 0 Å². The van der Waals surface area contributed by atoms with Gasteiger partial charge < -0.3 is 20.5 Å². The third-order valence-electron chi connectivity index (χ3n) is 3.88. The van der Waals surface area contributed by atoms with Crippen molar-refractivity contribution in [3.8, 4) is 11.5 Å². The van der Waals surface area contributed by atoms with Crippen LogP contribution in [0.3, 0.4) is 0 Å². The lowest BCUT2D eigenvalue weighted by Gasteiger charge is -2.10. The largest absolute Gasteiger partial charge is 0.493 e. The first kappa shape index (κ1) is 20.0. The lowest BCUT2D eigenvalue weighted by molar-refractivity contribution is 0.354. The average Bonchev–Trinajstić information content (AvgIpc) is 3.11. The van der Waals surface area contributed by atoms with E-state index in [0.29, 0.717) is 25.0 Å². The molecule has 0 amide bonds. The quantitative estimate of drug-likeness (QED) is 0.519. The second-order valence-corrected chi connectivity index (χ2v) is 7.10. The van der Waals surface area contributed by atoms with Crippen LogP contribution in [0, 0.1) is 0 Å². The Balaban J connectivity index is 1.75. The van der Waals surface area contributed by atoms with Crippen LogP contribution in [-0.2, 0) is 12.8 Å². The van der Waals surface area contributed by atoms with E-state index in [1.165, 1.54) is 5.01 Å². The molecule has 0 saturated carbocycles. The monoisotopic (exact) mass is 376 g/mol. The lowest BCUT2D eigenvalue weighted by Crippen LogP contribution is -2.33. The summed E-state index contributed by atoms with van der Waals surface area (Å²) < 4.78 is 10.6. The first-order valence-corrected chi connectivity index (χ1v) is 9.60. The third kappa shape index (κ3) is 5.91. The highest BCUT2D eigenvalue weighted by atomic mass is 32.1. The number of hydrogen-bond acceptors (Lipinski definition) is 5. The molecule has 3 N–H and O–H groups in total. The number of rotatable bonds is 9. The Labute approximate surface area is 159 Å². The van der Waals surface area contributed by atoms with E-state index in [1.54, 1.807) is 25.6 Å². The fraction of sp³-hybridized carbons (Fsp3) is 0.474. The maximum atomic E-state index is 5.93. The highest BCUT2D eigenvalue weighted by Crippen LogP contribution is 2.27. The summed E-state index contributed by atoms with van der Waals surface area (Å²) in [6.07, 6.45) is 1.63. The maximum Gasteiger partial charge on any atom is 0.188 e. The van der Waals surface area contributed by atoms with E-state index in [-0.39, 0.29) is 0 Å². The molecule has 0 bridgehead atoms. The normalized spacial score (nSPS) is 11.7. The number of guanidine groups is 1. The Kier molecular flexibility index (Phi) is 7.72. The first-order chi connectivity index (χ1) is 12.5. The molecule has 0 spiro atoms. The molecule has 0 fully saturated rings. The number of hydrogen-bond donors (Lipinski definition) is 2. The number of benzene rings is 1. The smallest absolute Gasteiger partial charge is 0.188 e. The van der Waals surface area contributed by atoms with Gasteiger partial charge in [-0.25, -0.2) is 4.98 Å². The van der Waals surface area contributed by atoms with Gasteiger partial charge in [-0.3, -0.25) is 4.99 Å². The number of nitrogens with zero attached hydrogens (tertiary/aromatic N) is 2. The Bertz CT molecular complexity index is 728. The molecule has 1 heterocycles. The second-order valence-electron chi connectivity index (χ2n) is 6.21. The van der Waals surface area contributed by atoms with Crippen molar-refractivity contribution >= 4 is 17.3 Å². The molecular formula is C19H28N4O2S. The van der Waals surface area contributed by atoms with Gasteiger partial charge in [-0.15, -0.1) is 11.3 Å². The van der Waals surface area contributed by atoms with Crippen molar-refractivity contribution in [2.45, 2.75) is 32.6 Å². The molecule has 2 aromatic rings. The van der Waals surface area contributed by atoms with Crippen molar-refractivity contribution in [3.63, 3.8) is 0 Å². The number of ether oxygens (including phenoxy) is 2. The number of aliphatic imine (C=N–C) groups is 1. The molecule has 142 valence electrons. The van der Waals surface area contributed by atoms with E-state index in [2.05, 4.69) is 34.5 Å². The van der Waals surface area contributed by atoms with Crippen LogP contribution in [0.25, 0.3) is 0 Å². The Morgan fingerprint density at radius 2 is 2.00 bits per heavy atom. The number of aromatic nitrogens is 1. The van der Waals surface area contributed by atoms with Gasteiger partial charge in [0.25, 0.3) is 0 Å². The number of nitrogens with one attached hydrogen (secondary N) is 1. The van der Waals surface area contributed by atoms with Gasteiger partial charge in [0.15, 0.2) is 17.5 Å². The molecular weight excluding hydrogens is 348 g/mol. The molecule has 1 aromatic carbocycles. The van der Waals surface area contributed by atoms with E-state index in [1.807, 2.05) is 18.2 Å². The number of thiazole rings is 1. The van der Waals surface area contributed by atoms with Crippen LogP contribution < -0.4 is 20.5 Å². The van der Waals surface area contributed by atoms with Crippen molar-refractivity contribution in [2.24, 2.45) is 10.7 Å². The Hall–Kier alpha value is -2.28. The summed E-state index contributed by atoms with van der Waals surface area (Å²) in [7, 11) is 3.27. The van der Waals surface area contributed by atoms with Crippen LogP contribution in [0.15, 0.2) is 28.6 Å². The molecule has 0 unspecified atom stereocenters. The molecule has 0 aliphatic carbocycles. The van der Waals surface area contributed by atoms with Crippen LogP contribution >= 0.6 is 11.3 Å². The zero-order valence-corrected chi connectivity index (χ0v) is 16.7. The van der Waals surface area contributed by atoms with Crippen LogP contribution in [-0.4, -0.2) is 38.3 Å². The SMILES string of the molecule is COc1ccc(CCNC(N)=NCCc2csc(C(C)C)n2)cc1OC. The molecule has 0 aliphatic heterocycles. The summed E-state index contributed by atoms with van der Waals surface area (Å²) in [6, 6.07) is 5.90. The molecule has 0 saturated heterocycles. The van der Waals surface area contributed by atoms with E-state index >= 15 is 0 Å². The highest BCUT2D eigenvalue weighted by Gasteiger charge is 2.06. The fourth-order valence-electron chi connectivity index (χ4n) is 2.42. The minimum absolute atomic E-state index is 0.463. The van der Waals surface area contributed by atoms with Gasteiger partial charge in [-0.05, 0) is 24.1 Å². The highest BCUT2D eigenvalue weighted by molar-refractivity contribution is 7.09. The minimum atomic E-state index is 0.463. The van der Waals surface area contributed by atoms with E-state index in [4.69, 9.17) is 15.2 Å². The molecule has 7 heteroatoms. The van der Waals surface area contributed by atoms with E-state index in [9.17, 15) is 0 Å². The lowest BCUT2D eigenvalue weighted by atomic mass is 10.1. The maximum absolute atomic E-state index is 5.93. The predicted octanol–water partition coefficient (Wildman–Crippen LogP) is 2.97. The fourth-order valence-corrected chi connectivity index (χ4v) is 3.29. The first-order valence-electron chi connectivity index (χ1n) is 8.72. The van der Waals surface area contributed by atoms with Crippen molar-refractivity contribution in [1.29, 1.82) is 0 Å². The molecule has 0 aliphatic rings. The second kappa shape index (κ2) is 10.0. The summed E-state index contributed by atoms with van der Waals surface area (Å²) in [5.41, 5.74) is 8.16. The van der Waals surface area contributed by atoms with Crippen molar-refractivity contribution in [1.82, 2.24) is 10.3 Å². The van der Waals surface area contributed by atoms with Crippen LogP contribution in [0.1, 0.15) is 36.0 Å². The van der Waals surface area contributed by atoms with Gasteiger partial charge in [-0.2, -0.15) is 0 Å². The Morgan fingerprint density at radius 3 is 2.65 bits per heavy atom. The van der Waals surface area contributed by atoms with Gasteiger partial charge in [0.2, 0.25) is 0 Å². The van der Waals surface area contributed by atoms with Gasteiger partial charge >= 0.3 is 0 Å². The molecule has 0 radical (unpaired) electrons. The zero-order chi connectivity index (χ0) is 18.9. The molecule has 2 rings (SSSR count). The van der Waals surface area contributed by atoms with Crippen molar-refractivity contribution in [2.75, 3.05) is 27.3 Å². The molecule has 26 heavy (non-hydrogen) atoms. The molecule has 0 atom stereocenters. The van der Waals surface area contributed by atoms with Gasteiger partial charge in [0.05, 0.1) is 24.9 Å². The van der Waals surface area contributed by atoms with E-state index < -0.39 is 0 Å². The third-order valence-corrected chi connectivity index (χ3v) is 5.08. The number of nitrogens with two attached hydrogens (primary N) is 1. The predicted molar refractivity (Wildman–Crippen MR) is 108 cm³/mol. The van der Waals surface area contributed by atoms with E-state index in [0.717, 1.165) is 35.6 Å². The summed E-state index contributed by atoms with van der Waals surface area (Å²) in [5, 5.41) is 6.42. The molecule has 6 nitrogen and oxygen atoms in total. The zero-order valence-electron chi connectivity index (χ0n) is 15.9. The van der Waals surface area contributed by atoms with Gasteiger partial charge in [0, 0.05) is 30.8 Å². The number of methoxy groups -OCH3 is 2. The van der Waals surface area contributed by atoms with Crippen LogP contribution in [0.4, 0.5) is 0 Å². The average molecular weight is 377 g/mol. The van der Waals surface area contributed by atoms with Gasteiger partial charge in [-0.1, -0.05) is 19.9 Å². The summed E-state index contributed by atoms with van der Waals surface area (Å²) >= 11 is 1.71. The van der Waals surface area contributed by atoms with Crippen molar-refractivity contribution in [3.05, 3.63) is 39.8 Å². The van der Waals surface area contributed by atoms with Crippen LogP contribution in [0.2, 0.25) is 0 Å². The summed E-state index contributed by atoms with van der Waals surface area (Å²) in [4.78, 5) is 8.97. The van der Waals surface area contributed by atoms with Crippen molar-refractivity contribution < 1.29 is 9.47 Å². The standard InChI is InChI=1S/C19H28N4O2S/c1-13(2)18-23-15(12-26-18)8-10-22-19(20)21-9-7-14-5-6-16(24-3)17(11-14)25-4/h5-6,11-13H,7-10H2,1-4H3,(H3,20,21,22). The minimum Gasteiger partial charge on any atom is -0.493 e. The Morgan fingerprint density at radius 1 is 1.23 bits per heavy atom.